The van der Waals surface area contributed by atoms with Gasteiger partial charge in [-0.2, -0.15) is 0 Å². The number of amides is 1. The maximum atomic E-state index is 12.3. The predicted octanol–water partition coefficient (Wildman–Crippen LogP) is 3.43. The number of anilines is 2. The molecule has 0 unspecified atom stereocenters. The van der Waals surface area contributed by atoms with Crippen LogP contribution in [-0.4, -0.2) is 40.9 Å². The van der Waals surface area contributed by atoms with E-state index < -0.39 is 0 Å². The van der Waals surface area contributed by atoms with Gasteiger partial charge in [-0.05, 0) is 12.1 Å². The Morgan fingerprint density at radius 3 is 2.19 bits per heavy atom. The van der Waals surface area contributed by atoms with E-state index in [2.05, 4.69) is 10.6 Å². The van der Waals surface area contributed by atoms with Gasteiger partial charge in [0.1, 0.15) is 23.0 Å². The van der Waals surface area contributed by atoms with Gasteiger partial charge in [0.2, 0.25) is 5.91 Å². The van der Waals surface area contributed by atoms with Crippen LogP contribution in [0.4, 0.5) is 11.4 Å². The van der Waals surface area contributed by atoms with E-state index in [1.165, 1.54) is 14.2 Å². The van der Waals surface area contributed by atoms with Crippen LogP contribution in [0.2, 0.25) is 5.02 Å². The van der Waals surface area contributed by atoms with Gasteiger partial charge in [-0.3, -0.25) is 4.79 Å². The van der Waals surface area contributed by atoms with E-state index in [-0.39, 0.29) is 12.5 Å². The molecule has 0 aliphatic heterocycles. The first-order chi connectivity index (χ1) is 12.5. The molecule has 7 nitrogen and oxygen atoms in total. The molecule has 26 heavy (non-hydrogen) atoms. The summed E-state index contributed by atoms with van der Waals surface area (Å²) in [5, 5.41) is 6.17. The fourth-order valence-corrected chi connectivity index (χ4v) is 2.51. The third-order valence-corrected chi connectivity index (χ3v) is 3.89. The highest BCUT2D eigenvalue weighted by atomic mass is 35.5. The molecule has 2 N–H and O–H groups in total. The normalized spacial score (nSPS) is 10.0. The first-order valence-electron chi connectivity index (χ1n) is 7.69. The summed E-state index contributed by atoms with van der Waals surface area (Å²) < 4.78 is 20.9. The van der Waals surface area contributed by atoms with Gasteiger partial charge in [-0.15, -0.1) is 0 Å². The van der Waals surface area contributed by atoms with Crippen molar-refractivity contribution in [1.29, 1.82) is 0 Å². The summed E-state index contributed by atoms with van der Waals surface area (Å²) in [5.41, 5.74) is 1.10. The van der Waals surface area contributed by atoms with Crippen LogP contribution in [0.3, 0.4) is 0 Å². The summed E-state index contributed by atoms with van der Waals surface area (Å²) in [6.07, 6.45) is 0. The molecule has 2 aromatic carbocycles. The Bertz CT molecular complexity index is 782. The van der Waals surface area contributed by atoms with Gasteiger partial charge in [0.25, 0.3) is 0 Å². The second-order valence-corrected chi connectivity index (χ2v) is 5.56. The average Bonchev–Trinajstić information content (AvgIpc) is 2.66. The number of carbonyl (C=O) groups excluding carboxylic acids is 1. The van der Waals surface area contributed by atoms with Gasteiger partial charge < -0.3 is 29.6 Å². The number of benzene rings is 2. The molecule has 2 aromatic rings. The molecule has 2 rings (SSSR count). The van der Waals surface area contributed by atoms with Crippen LogP contribution in [0.25, 0.3) is 0 Å². The molecule has 140 valence electrons. The molecule has 1 amide bonds. The van der Waals surface area contributed by atoms with Gasteiger partial charge in [0, 0.05) is 18.2 Å². The lowest BCUT2D eigenvalue weighted by Crippen LogP contribution is -2.22. The summed E-state index contributed by atoms with van der Waals surface area (Å²) in [5.74, 6) is 1.84. The molecular weight excluding hydrogens is 360 g/mol. The highest BCUT2D eigenvalue weighted by Crippen LogP contribution is 2.36. The van der Waals surface area contributed by atoms with Crippen molar-refractivity contribution in [3.8, 4) is 23.0 Å². The molecule has 0 radical (unpaired) electrons. The van der Waals surface area contributed by atoms with Gasteiger partial charge in [0.15, 0.2) is 0 Å². The largest absolute Gasteiger partial charge is 0.497 e. The molecule has 0 heterocycles. The Kier molecular flexibility index (Phi) is 6.80. The summed E-state index contributed by atoms with van der Waals surface area (Å²) in [6, 6.07) is 8.46. The van der Waals surface area contributed by atoms with Gasteiger partial charge >= 0.3 is 0 Å². The van der Waals surface area contributed by atoms with Crippen molar-refractivity contribution in [1.82, 2.24) is 0 Å². The number of halogens is 1. The van der Waals surface area contributed by atoms with E-state index in [4.69, 9.17) is 30.5 Å². The van der Waals surface area contributed by atoms with Crippen LogP contribution < -0.4 is 29.6 Å². The van der Waals surface area contributed by atoms with Crippen molar-refractivity contribution < 1.29 is 23.7 Å². The smallest absolute Gasteiger partial charge is 0.243 e. The Morgan fingerprint density at radius 2 is 1.58 bits per heavy atom. The second kappa shape index (κ2) is 9.05. The lowest BCUT2D eigenvalue weighted by atomic mass is 10.2. The zero-order chi connectivity index (χ0) is 19.1. The minimum atomic E-state index is -0.280. The second-order valence-electron chi connectivity index (χ2n) is 5.15. The molecule has 0 bridgehead atoms. The first-order valence-corrected chi connectivity index (χ1v) is 8.07. The van der Waals surface area contributed by atoms with E-state index in [1.54, 1.807) is 44.6 Å². The number of carbonyl (C=O) groups is 1. The fourth-order valence-electron chi connectivity index (χ4n) is 2.28. The topological polar surface area (TPSA) is 78.1 Å². The average molecular weight is 381 g/mol. The van der Waals surface area contributed by atoms with Crippen molar-refractivity contribution in [2.45, 2.75) is 0 Å². The van der Waals surface area contributed by atoms with Crippen LogP contribution >= 0.6 is 11.6 Å². The molecule has 8 heteroatoms. The Balaban J connectivity index is 2.10. The number of hydrogen-bond donors (Lipinski definition) is 2. The summed E-state index contributed by atoms with van der Waals surface area (Å²) in [7, 11) is 6.11. The van der Waals surface area contributed by atoms with E-state index in [9.17, 15) is 4.79 Å². The predicted molar refractivity (Wildman–Crippen MR) is 101 cm³/mol. The summed E-state index contributed by atoms with van der Waals surface area (Å²) in [6.45, 7) is 0.0115. The highest BCUT2D eigenvalue weighted by molar-refractivity contribution is 6.32. The zero-order valence-corrected chi connectivity index (χ0v) is 15.8. The monoisotopic (exact) mass is 380 g/mol. The molecule has 0 aliphatic rings. The molecular formula is C18H21ClN2O5. The lowest BCUT2D eigenvalue weighted by Gasteiger charge is -2.15. The van der Waals surface area contributed by atoms with Crippen molar-refractivity contribution in [3.05, 3.63) is 35.4 Å². The maximum Gasteiger partial charge on any atom is 0.243 e. The van der Waals surface area contributed by atoms with Crippen LogP contribution in [0.5, 0.6) is 23.0 Å². The van der Waals surface area contributed by atoms with E-state index in [1.807, 2.05) is 0 Å². The van der Waals surface area contributed by atoms with Crippen LogP contribution in [0.15, 0.2) is 30.3 Å². The van der Waals surface area contributed by atoms with E-state index in [0.29, 0.717) is 39.4 Å². The standard InChI is InChI=1S/C18H21ClN2O5/c1-23-11-5-6-15(24-2)13(7-11)20-10-18(22)21-14-9-16(25-3)12(19)8-17(14)26-4/h5-9,20H,10H2,1-4H3,(H,21,22). The van der Waals surface area contributed by atoms with Crippen molar-refractivity contribution >= 4 is 28.9 Å². The molecule has 0 saturated carbocycles. The number of rotatable bonds is 8. The molecule has 0 aliphatic carbocycles. The van der Waals surface area contributed by atoms with Gasteiger partial charge in [0.05, 0.1) is 51.4 Å². The fraction of sp³-hybridized carbons (Fsp3) is 0.278. The molecule has 0 saturated heterocycles. The first kappa shape index (κ1) is 19.5. The molecule has 0 atom stereocenters. The quantitative estimate of drug-likeness (QED) is 0.730. The third-order valence-electron chi connectivity index (χ3n) is 3.59. The van der Waals surface area contributed by atoms with E-state index in [0.717, 1.165) is 0 Å². The van der Waals surface area contributed by atoms with Gasteiger partial charge in [-0.25, -0.2) is 0 Å². The minimum Gasteiger partial charge on any atom is -0.497 e. The number of nitrogens with one attached hydrogen (secondary N) is 2. The highest BCUT2D eigenvalue weighted by Gasteiger charge is 2.13. The number of hydrogen-bond acceptors (Lipinski definition) is 6. The molecule has 0 fully saturated rings. The van der Waals surface area contributed by atoms with Crippen molar-refractivity contribution in [2.75, 3.05) is 45.6 Å². The van der Waals surface area contributed by atoms with Crippen molar-refractivity contribution in [2.24, 2.45) is 0 Å². The zero-order valence-electron chi connectivity index (χ0n) is 15.0. The van der Waals surface area contributed by atoms with Gasteiger partial charge in [-0.1, -0.05) is 11.6 Å². The molecule has 0 aromatic heterocycles. The van der Waals surface area contributed by atoms with Crippen LogP contribution in [0, 0.1) is 0 Å². The molecule has 0 spiro atoms. The Morgan fingerprint density at radius 1 is 0.885 bits per heavy atom. The number of methoxy groups -OCH3 is 4. The third kappa shape index (κ3) is 4.64. The van der Waals surface area contributed by atoms with Crippen LogP contribution in [0.1, 0.15) is 0 Å². The van der Waals surface area contributed by atoms with Crippen LogP contribution in [-0.2, 0) is 4.79 Å². The maximum absolute atomic E-state index is 12.3. The minimum absolute atomic E-state index is 0.0115. The SMILES string of the molecule is COc1ccc(OC)c(NCC(=O)Nc2cc(OC)c(Cl)cc2OC)c1. The lowest BCUT2D eigenvalue weighted by molar-refractivity contribution is -0.114. The number of ether oxygens (including phenoxy) is 4. The van der Waals surface area contributed by atoms with E-state index >= 15 is 0 Å². The Hall–Kier alpha value is -2.80. The van der Waals surface area contributed by atoms with Crippen molar-refractivity contribution in [3.63, 3.8) is 0 Å². The summed E-state index contributed by atoms with van der Waals surface area (Å²) >= 11 is 6.06. The Labute approximate surface area is 157 Å². The summed E-state index contributed by atoms with van der Waals surface area (Å²) in [4.78, 5) is 12.3.